The highest BCUT2D eigenvalue weighted by Gasteiger charge is 2.30. The Morgan fingerprint density at radius 2 is 2.00 bits per heavy atom. The van der Waals surface area contributed by atoms with Crippen molar-refractivity contribution in [2.45, 2.75) is 38.0 Å². The van der Waals surface area contributed by atoms with E-state index in [1.54, 1.807) is 11.3 Å². The van der Waals surface area contributed by atoms with E-state index < -0.39 is 5.97 Å². The first kappa shape index (κ1) is 13.3. The number of carboxylic acids is 1. The third-order valence-electron chi connectivity index (χ3n) is 3.52. The maximum atomic E-state index is 10.9. The molecule has 0 amide bonds. The third-order valence-corrected chi connectivity index (χ3v) is 4.65. The summed E-state index contributed by atoms with van der Waals surface area (Å²) in [5.74, 6) is -0.240. The van der Waals surface area contributed by atoms with Crippen LogP contribution in [0.25, 0.3) is 0 Å². The Kier molecular flexibility index (Phi) is 3.83. The van der Waals surface area contributed by atoms with Gasteiger partial charge < -0.3 is 5.11 Å². The molecule has 0 unspecified atom stereocenters. The fraction of sp³-hybridized carbons (Fsp3) is 0.375. The van der Waals surface area contributed by atoms with Crippen molar-refractivity contribution in [3.63, 3.8) is 0 Å². The van der Waals surface area contributed by atoms with E-state index in [1.807, 2.05) is 18.2 Å². The van der Waals surface area contributed by atoms with Crippen molar-refractivity contribution in [1.29, 1.82) is 0 Å². The molecule has 1 heterocycles. The van der Waals surface area contributed by atoms with Crippen LogP contribution in [-0.4, -0.2) is 16.1 Å². The van der Waals surface area contributed by atoms with Crippen LogP contribution in [0.15, 0.2) is 30.3 Å². The molecule has 20 heavy (non-hydrogen) atoms. The summed E-state index contributed by atoms with van der Waals surface area (Å²) >= 11 is 1.58. The van der Waals surface area contributed by atoms with E-state index in [1.165, 1.54) is 5.56 Å². The smallest absolute Gasteiger partial charge is 0.308 e. The van der Waals surface area contributed by atoms with Gasteiger partial charge in [0.15, 0.2) is 0 Å². The molecule has 104 valence electrons. The van der Waals surface area contributed by atoms with Gasteiger partial charge in [0.25, 0.3) is 0 Å². The number of nitrogens with zero attached hydrogens (tertiary/aromatic N) is 1. The molecule has 1 aromatic carbocycles. The molecule has 3 nitrogen and oxygen atoms in total. The van der Waals surface area contributed by atoms with E-state index in [4.69, 9.17) is 10.1 Å². The Balaban J connectivity index is 1.71. The number of aryl methyl sites for hydroxylation is 2. The lowest BCUT2D eigenvalue weighted by Gasteiger charge is -1.97. The summed E-state index contributed by atoms with van der Waals surface area (Å²) in [6, 6.07) is 10.3. The Hall–Kier alpha value is -1.68. The van der Waals surface area contributed by atoms with Crippen LogP contribution in [0.5, 0.6) is 0 Å². The SMILES string of the molecule is O=C(O)Cc1sc(CCc2ccccc2)nc1C1CC1. The van der Waals surface area contributed by atoms with Crippen LogP contribution in [0.1, 0.15) is 39.9 Å². The second-order valence-electron chi connectivity index (χ2n) is 5.25. The fourth-order valence-electron chi connectivity index (χ4n) is 2.36. The average Bonchev–Trinajstić information content (AvgIpc) is 3.20. The fourth-order valence-corrected chi connectivity index (χ4v) is 3.50. The number of aliphatic carboxylic acids is 1. The highest BCUT2D eigenvalue weighted by atomic mass is 32.1. The molecular weight excluding hydrogens is 270 g/mol. The summed E-state index contributed by atoms with van der Waals surface area (Å²) < 4.78 is 0. The molecule has 1 saturated carbocycles. The zero-order chi connectivity index (χ0) is 13.9. The molecule has 1 aliphatic carbocycles. The maximum Gasteiger partial charge on any atom is 0.308 e. The predicted molar refractivity (Wildman–Crippen MR) is 79.3 cm³/mol. The lowest BCUT2D eigenvalue weighted by Crippen LogP contribution is -2.00. The summed E-state index contributed by atoms with van der Waals surface area (Å²) in [6.45, 7) is 0. The second kappa shape index (κ2) is 5.75. The van der Waals surface area contributed by atoms with E-state index in [0.717, 1.165) is 41.3 Å². The third kappa shape index (κ3) is 3.25. The average molecular weight is 287 g/mol. The highest BCUT2D eigenvalue weighted by Crippen LogP contribution is 2.42. The first-order chi connectivity index (χ1) is 9.72. The number of thiazole rings is 1. The summed E-state index contributed by atoms with van der Waals surface area (Å²) in [7, 11) is 0. The van der Waals surface area contributed by atoms with Crippen molar-refractivity contribution in [3.05, 3.63) is 51.5 Å². The molecule has 0 spiro atoms. The molecule has 1 fully saturated rings. The van der Waals surface area contributed by atoms with Gasteiger partial charge in [-0.05, 0) is 24.8 Å². The monoisotopic (exact) mass is 287 g/mol. The number of benzene rings is 1. The van der Waals surface area contributed by atoms with Gasteiger partial charge in [0.2, 0.25) is 0 Å². The minimum atomic E-state index is -0.759. The van der Waals surface area contributed by atoms with Gasteiger partial charge in [0.1, 0.15) is 0 Å². The second-order valence-corrected chi connectivity index (χ2v) is 6.41. The van der Waals surface area contributed by atoms with Crippen molar-refractivity contribution < 1.29 is 9.90 Å². The molecule has 1 N–H and O–H groups in total. The van der Waals surface area contributed by atoms with Crippen LogP contribution in [0.2, 0.25) is 0 Å². The summed E-state index contributed by atoms with van der Waals surface area (Å²) in [5.41, 5.74) is 2.36. The normalized spacial score (nSPS) is 14.4. The quantitative estimate of drug-likeness (QED) is 0.885. The number of hydrogen-bond donors (Lipinski definition) is 1. The van der Waals surface area contributed by atoms with Gasteiger partial charge in [-0.25, -0.2) is 4.98 Å². The molecule has 2 aromatic rings. The summed E-state index contributed by atoms with van der Waals surface area (Å²) in [6.07, 6.45) is 4.30. The topological polar surface area (TPSA) is 50.2 Å². The van der Waals surface area contributed by atoms with Gasteiger partial charge in [-0.3, -0.25) is 4.79 Å². The lowest BCUT2D eigenvalue weighted by atomic mass is 10.1. The molecule has 1 aromatic heterocycles. The van der Waals surface area contributed by atoms with Crippen LogP contribution in [0, 0.1) is 0 Å². The van der Waals surface area contributed by atoms with Gasteiger partial charge in [-0.15, -0.1) is 11.3 Å². The molecule has 0 atom stereocenters. The molecule has 0 saturated heterocycles. The molecule has 3 rings (SSSR count). The van der Waals surface area contributed by atoms with Gasteiger partial charge in [-0.1, -0.05) is 30.3 Å². The summed E-state index contributed by atoms with van der Waals surface area (Å²) in [5, 5.41) is 10.1. The van der Waals surface area contributed by atoms with Gasteiger partial charge in [-0.2, -0.15) is 0 Å². The van der Waals surface area contributed by atoms with Crippen molar-refractivity contribution in [3.8, 4) is 0 Å². The van der Waals surface area contributed by atoms with Crippen LogP contribution >= 0.6 is 11.3 Å². The maximum absolute atomic E-state index is 10.9. The first-order valence-corrected chi connectivity index (χ1v) is 7.78. The molecule has 1 aliphatic rings. The number of aromatic nitrogens is 1. The van der Waals surface area contributed by atoms with Crippen molar-refractivity contribution in [1.82, 2.24) is 4.98 Å². The van der Waals surface area contributed by atoms with Crippen LogP contribution in [-0.2, 0) is 24.1 Å². The minimum Gasteiger partial charge on any atom is -0.481 e. The largest absolute Gasteiger partial charge is 0.481 e. The van der Waals surface area contributed by atoms with E-state index >= 15 is 0 Å². The Morgan fingerprint density at radius 1 is 1.25 bits per heavy atom. The zero-order valence-electron chi connectivity index (χ0n) is 11.2. The molecule has 0 bridgehead atoms. The first-order valence-electron chi connectivity index (χ1n) is 6.96. The minimum absolute atomic E-state index is 0.120. The van der Waals surface area contributed by atoms with Gasteiger partial charge >= 0.3 is 5.97 Å². The van der Waals surface area contributed by atoms with E-state index in [-0.39, 0.29) is 6.42 Å². The number of rotatable bonds is 6. The number of hydrogen-bond acceptors (Lipinski definition) is 3. The van der Waals surface area contributed by atoms with Gasteiger partial charge in [0, 0.05) is 17.2 Å². The van der Waals surface area contributed by atoms with Crippen molar-refractivity contribution >= 4 is 17.3 Å². The van der Waals surface area contributed by atoms with E-state index in [2.05, 4.69) is 12.1 Å². The van der Waals surface area contributed by atoms with Gasteiger partial charge in [0.05, 0.1) is 17.1 Å². The Morgan fingerprint density at radius 3 is 2.65 bits per heavy atom. The van der Waals surface area contributed by atoms with Crippen LogP contribution < -0.4 is 0 Å². The zero-order valence-corrected chi connectivity index (χ0v) is 12.0. The van der Waals surface area contributed by atoms with E-state index in [9.17, 15) is 4.79 Å². The van der Waals surface area contributed by atoms with Crippen molar-refractivity contribution in [2.75, 3.05) is 0 Å². The molecule has 4 heteroatoms. The van der Waals surface area contributed by atoms with Crippen LogP contribution in [0.3, 0.4) is 0 Å². The van der Waals surface area contributed by atoms with Crippen LogP contribution in [0.4, 0.5) is 0 Å². The molecular formula is C16H17NO2S. The lowest BCUT2D eigenvalue weighted by molar-refractivity contribution is -0.136. The highest BCUT2D eigenvalue weighted by molar-refractivity contribution is 7.11. The van der Waals surface area contributed by atoms with Crippen molar-refractivity contribution in [2.24, 2.45) is 0 Å². The van der Waals surface area contributed by atoms with E-state index in [0.29, 0.717) is 5.92 Å². The number of carboxylic acid groups (broad SMARTS) is 1. The Bertz CT molecular complexity index is 602. The molecule has 0 aliphatic heterocycles. The number of carbonyl (C=O) groups is 1. The molecule has 0 radical (unpaired) electrons. The Labute approximate surface area is 122 Å². The summed E-state index contributed by atoms with van der Waals surface area (Å²) in [4.78, 5) is 16.6. The predicted octanol–water partition coefficient (Wildman–Crippen LogP) is 3.43. The standard InChI is InChI=1S/C16H17NO2S/c18-15(19)10-13-16(12-7-8-12)17-14(20-13)9-6-11-4-2-1-3-5-11/h1-5,12H,6-10H2,(H,18,19).